The molecule has 0 radical (unpaired) electrons. The minimum Gasteiger partial charge on any atom is -0.321 e. The van der Waals surface area contributed by atoms with Gasteiger partial charge in [-0.15, -0.1) is 0 Å². The fourth-order valence-corrected chi connectivity index (χ4v) is 2.36. The van der Waals surface area contributed by atoms with E-state index in [9.17, 15) is 14.9 Å². The van der Waals surface area contributed by atoms with Crippen LogP contribution in [0.1, 0.15) is 10.4 Å². The van der Waals surface area contributed by atoms with E-state index in [0.29, 0.717) is 15.2 Å². The third-order valence-electron chi connectivity index (χ3n) is 2.58. The van der Waals surface area contributed by atoms with Crippen molar-refractivity contribution in [1.29, 1.82) is 0 Å². The smallest absolute Gasteiger partial charge is 0.270 e. The van der Waals surface area contributed by atoms with Gasteiger partial charge in [0.25, 0.3) is 11.6 Å². The third kappa shape index (κ3) is 3.72. The number of benzene rings is 2. The molecule has 2 rings (SSSR count). The van der Waals surface area contributed by atoms with Crippen LogP contribution in [0.3, 0.4) is 0 Å². The van der Waals surface area contributed by atoms with Crippen molar-refractivity contribution < 1.29 is 9.72 Å². The molecule has 0 saturated carbocycles. The van der Waals surface area contributed by atoms with E-state index in [4.69, 9.17) is 23.2 Å². The molecule has 21 heavy (non-hydrogen) atoms. The number of nitrogens with zero attached hydrogens (tertiary/aromatic N) is 1. The average Bonchev–Trinajstić information content (AvgIpc) is 2.42. The Hall–Kier alpha value is -1.63. The van der Waals surface area contributed by atoms with E-state index in [2.05, 4.69) is 21.2 Å². The Kier molecular flexibility index (Phi) is 4.82. The predicted octanol–water partition coefficient (Wildman–Crippen LogP) is 4.92. The number of hydrogen-bond acceptors (Lipinski definition) is 3. The van der Waals surface area contributed by atoms with Gasteiger partial charge < -0.3 is 5.32 Å². The summed E-state index contributed by atoms with van der Waals surface area (Å²) in [6.07, 6.45) is 0. The lowest BCUT2D eigenvalue weighted by Crippen LogP contribution is -2.13. The van der Waals surface area contributed by atoms with E-state index in [1.165, 1.54) is 12.1 Å². The van der Waals surface area contributed by atoms with E-state index in [0.717, 1.165) is 6.07 Å². The number of nitro groups is 1. The van der Waals surface area contributed by atoms with Crippen molar-refractivity contribution in [2.45, 2.75) is 0 Å². The Morgan fingerprint density at radius 2 is 1.90 bits per heavy atom. The van der Waals surface area contributed by atoms with Gasteiger partial charge in [0.15, 0.2) is 0 Å². The van der Waals surface area contributed by atoms with E-state index in [1.807, 2.05) is 0 Å². The molecule has 5 nitrogen and oxygen atoms in total. The van der Waals surface area contributed by atoms with Crippen LogP contribution in [0.25, 0.3) is 0 Å². The van der Waals surface area contributed by atoms with Gasteiger partial charge in [-0.25, -0.2) is 0 Å². The summed E-state index contributed by atoms with van der Waals surface area (Å²) in [7, 11) is 0. The first-order chi connectivity index (χ1) is 9.88. The van der Waals surface area contributed by atoms with Gasteiger partial charge in [-0.1, -0.05) is 23.2 Å². The Morgan fingerprint density at radius 3 is 2.52 bits per heavy atom. The quantitative estimate of drug-likeness (QED) is 0.598. The Bertz CT molecular complexity index is 737. The number of hydrogen-bond donors (Lipinski definition) is 1. The largest absolute Gasteiger partial charge is 0.321 e. The molecule has 2 aromatic rings. The molecule has 0 fully saturated rings. The van der Waals surface area contributed by atoms with Crippen LogP contribution in [-0.4, -0.2) is 10.8 Å². The first-order valence-corrected chi connectivity index (χ1v) is 7.13. The lowest BCUT2D eigenvalue weighted by atomic mass is 10.2. The highest BCUT2D eigenvalue weighted by Gasteiger charge is 2.16. The van der Waals surface area contributed by atoms with E-state index >= 15 is 0 Å². The molecule has 0 heterocycles. The summed E-state index contributed by atoms with van der Waals surface area (Å²) in [5.41, 5.74) is 0.427. The number of nitrogens with one attached hydrogen (secondary N) is 1. The summed E-state index contributed by atoms with van der Waals surface area (Å²) in [6, 6.07) is 8.57. The van der Waals surface area contributed by atoms with Crippen LogP contribution in [0.15, 0.2) is 40.9 Å². The van der Waals surface area contributed by atoms with Crippen LogP contribution in [-0.2, 0) is 0 Å². The molecule has 0 aliphatic heterocycles. The minimum absolute atomic E-state index is 0.000138. The van der Waals surface area contributed by atoms with Gasteiger partial charge in [0, 0.05) is 21.6 Å². The number of non-ortho nitro benzene ring substituents is 1. The van der Waals surface area contributed by atoms with Gasteiger partial charge in [0.1, 0.15) is 0 Å². The van der Waals surface area contributed by atoms with Crippen LogP contribution in [0.2, 0.25) is 10.0 Å². The van der Waals surface area contributed by atoms with Gasteiger partial charge in [0.05, 0.1) is 21.2 Å². The van der Waals surface area contributed by atoms with Crippen molar-refractivity contribution >= 4 is 56.4 Å². The number of carbonyl (C=O) groups excluding carboxylic acids is 1. The summed E-state index contributed by atoms with van der Waals surface area (Å²) >= 11 is 15.0. The number of carbonyl (C=O) groups is 1. The second-order valence-corrected chi connectivity index (χ2v) is 5.70. The van der Waals surface area contributed by atoms with Crippen molar-refractivity contribution in [3.63, 3.8) is 0 Å². The molecule has 0 unspecified atom stereocenters. The van der Waals surface area contributed by atoms with Gasteiger partial charge in [0.2, 0.25) is 0 Å². The SMILES string of the molecule is O=C(Nc1cc(Cl)ccc1Br)c1ccc([N+](=O)[O-])cc1Cl. The van der Waals surface area contributed by atoms with Crippen molar-refractivity contribution in [2.24, 2.45) is 0 Å². The summed E-state index contributed by atoms with van der Waals surface area (Å²) in [5, 5.41) is 13.7. The molecule has 0 aliphatic carbocycles. The van der Waals surface area contributed by atoms with E-state index < -0.39 is 10.8 Å². The predicted molar refractivity (Wildman–Crippen MR) is 85.2 cm³/mol. The summed E-state index contributed by atoms with van der Waals surface area (Å²) in [4.78, 5) is 22.2. The first-order valence-electron chi connectivity index (χ1n) is 5.59. The van der Waals surface area contributed by atoms with E-state index in [-0.39, 0.29) is 16.3 Å². The zero-order valence-corrected chi connectivity index (χ0v) is 13.4. The van der Waals surface area contributed by atoms with Gasteiger partial charge in [-0.05, 0) is 40.2 Å². The monoisotopic (exact) mass is 388 g/mol. The van der Waals surface area contributed by atoms with Crippen LogP contribution >= 0.6 is 39.1 Å². The maximum Gasteiger partial charge on any atom is 0.270 e. The topological polar surface area (TPSA) is 72.2 Å². The van der Waals surface area contributed by atoms with Crippen LogP contribution < -0.4 is 5.32 Å². The lowest BCUT2D eigenvalue weighted by Gasteiger charge is -2.09. The van der Waals surface area contributed by atoms with Crippen LogP contribution in [0.5, 0.6) is 0 Å². The van der Waals surface area contributed by atoms with Crippen molar-refractivity contribution in [1.82, 2.24) is 0 Å². The number of anilines is 1. The second kappa shape index (κ2) is 6.43. The molecule has 108 valence electrons. The highest BCUT2D eigenvalue weighted by atomic mass is 79.9. The standard InChI is InChI=1S/C13H7BrCl2N2O3/c14-10-4-1-7(15)5-12(10)17-13(19)9-3-2-8(18(20)21)6-11(9)16/h1-6H,(H,17,19). The fourth-order valence-electron chi connectivity index (χ4n) is 1.58. The lowest BCUT2D eigenvalue weighted by molar-refractivity contribution is -0.384. The highest BCUT2D eigenvalue weighted by molar-refractivity contribution is 9.10. The number of amides is 1. The third-order valence-corrected chi connectivity index (χ3v) is 3.82. The zero-order valence-electron chi connectivity index (χ0n) is 10.3. The normalized spacial score (nSPS) is 10.2. The Morgan fingerprint density at radius 1 is 1.19 bits per heavy atom. The van der Waals surface area contributed by atoms with Crippen LogP contribution in [0, 0.1) is 10.1 Å². The molecule has 2 aromatic carbocycles. The number of halogens is 3. The molecule has 0 atom stereocenters. The van der Waals surface area contributed by atoms with Crippen molar-refractivity contribution in [3.05, 3.63) is 66.6 Å². The first kappa shape index (κ1) is 15.8. The second-order valence-electron chi connectivity index (χ2n) is 4.00. The average molecular weight is 390 g/mol. The molecule has 8 heteroatoms. The maximum absolute atomic E-state index is 12.2. The molecule has 0 aromatic heterocycles. The summed E-state index contributed by atoms with van der Waals surface area (Å²) in [5.74, 6) is -0.488. The van der Waals surface area contributed by atoms with Gasteiger partial charge >= 0.3 is 0 Å². The molecule has 1 amide bonds. The van der Waals surface area contributed by atoms with Crippen molar-refractivity contribution in [2.75, 3.05) is 5.32 Å². The molecule has 0 saturated heterocycles. The fraction of sp³-hybridized carbons (Fsp3) is 0. The summed E-state index contributed by atoms with van der Waals surface area (Å²) in [6.45, 7) is 0. The summed E-state index contributed by atoms with van der Waals surface area (Å²) < 4.78 is 0.651. The number of nitro benzene ring substituents is 1. The Labute approximate surface area is 138 Å². The van der Waals surface area contributed by atoms with Crippen molar-refractivity contribution in [3.8, 4) is 0 Å². The molecule has 1 N–H and O–H groups in total. The molecule has 0 bridgehead atoms. The number of rotatable bonds is 3. The van der Waals surface area contributed by atoms with E-state index in [1.54, 1.807) is 18.2 Å². The Balaban J connectivity index is 2.28. The van der Waals surface area contributed by atoms with Gasteiger partial charge in [-0.2, -0.15) is 0 Å². The van der Waals surface area contributed by atoms with Gasteiger partial charge in [-0.3, -0.25) is 14.9 Å². The highest BCUT2D eigenvalue weighted by Crippen LogP contribution is 2.28. The molecular weight excluding hydrogens is 383 g/mol. The zero-order chi connectivity index (χ0) is 15.6. The minimum atomic E-state index is -0.582. The molecule has 0 spiro atoms. The van der Waals surface area contributed by atoms with Crippen LogP contribution in [0.4, 0.5) is 11.4 Å². The molecular formula is C13H7BrCl2N2O3. The molecule has 0 aliphatic rings. The maximum atomic E-state index is 12.2.